The van der Waals surface area contributed by atoms with Crippen LogP contribution in [0.2, 0.25) is 0 Å². The van der Waals surface area contributed by atoms with Crippen molar-refractivity contribution in [1.29, 1.82) is 0 Å². The Morgan fingerprint density at radius 3 is 2.96 bits per heavy atom. The van der Waals surface area contributed by atoms with E-state index >= 15 is 0 Å². The predicted molar refractivity (Wildman–Crippen MR) is 110 cm³/mol. The smallest absolute Gasteiger partial charge is 0.266 e. The van der Waals surface area contributed by atoms with E-state index in [1.54, 1.807) is 19.1 Å². The van der Waals surface area contributed by atoms with E-state index in [2.05, 4.69) is 15.5 Å². The average Bonchev–Trinajstić information content (AvgIpc) is 3.34. The second-order valence-corrected chi connectivity index (χ2v) is 8.73. The van der Waals surface area contributed by atoms with Gasteiger partial charge in [0.25, 0.3) is 5.91 Å². The Hall–Kier alpha value is -2.50. The lowest BCUT2D eigenvalue weighted by Gasteiger charge is -2.13. The van der Waals surface area contributed by atoms with Crippen molar-refractivity contribution in [2.75, 3.05) is 18.7 Å². The van der Waals surface area contributed by atoms with E-state index in [0.717, 1.165) is 10.6 Å². The van der Waals surface area contributed by atoms with Crippen molar-refractivity contribution in [2.45, 2.75) is 13.3 Å². The summed E-state index contributed by atoms with van der Waals surface area (Å²) in [5, 5.41) is 11.6. The molecule has 0 saturated carbocycles. The number of thiocarbonyl (C=S) groups is 1. The number of anilines is 1. The zero-order valence-electron chi connectivity index (χ0n) is 14.6. The Labute approximate surface area is 173 Å². The number of nitrogens with zero attached hydrogens (tertiary/aromatic N) is 3. The van der Waals surface area contributed by atoms with E-state index in [1.165, 1.54) is 28.0 Å². The molecule has 1 N–H and O–H groups in total. The molecule has 2 aliphatic heterocycles. The molecule has 1 aromatic carbocycles. The first-order chi connectivity index (χ1) is 13.5. The quantitative estimate of drug-likeness (QED) is 0.567. The fourth-order valence-electron chi connectivity index (χ4n) is 2.59. The lowest BCUT2D eigenvalue weighted by molar-refractivity contribution is -0.122. The minimum Gasteiger partial charge on any atom is -0.454 e. The van der Waals surface area contributed by atoms with Crippen molar-refractivity contribution >= 4 is 62.7 Å². The number of hydrogen-bond acceptors (Lipinski definition) is 9. The molecule has 0 bridgehead atoms. The molecule has 1 saturated heterocycles. The van der Waals surface area contributed by atoms with Crippen molar-refractivity contribution in [3.8, 4) is 11.5 Å². The Morgan fingerprint density at radius 1 is 1.36 bits per heavy atom. The molecular weight excluding hydrogens is 420 g/mol. The lowest BCUT2D eigenvalue weighted by Crippen LogP contribution is -2.31. The SMILES string of the molecule is Cc1nnc(NC(=O)CCN2C(=O)C(=Cc3ccc4c(c3)OCO4)SC2=S)s1. The number of nitrogens with one attached hydrogen (secondary N) is 1. The third-order valence-corrected chi connectivity index (χ3v) is 6.03. The summed E-state index contributed by atoms with van der Waals surface area (Å²) in [5.74, 6) is 0.867. The van der Waals surface area contributed by atoms with Crippen LogP contribution in [0.15, 0.2) is 23.1 Å². The van der Waals surface area contributed by atoms with E-state index < -0.39 is 0 Å². The molecule has 144 valence electrons. The number of hydrogen-bond donors (Lipinski definition) is 1. The number of ether oxygens (including phenoxy) is 2. The van der Waals surface area contributed by atoms with Crippen LogP contribution < -0.4 is 14.8 Å². The van der Waals surface area contributed by atoms with Gasteiger partial charge in [-0.15, -0.1) is 10.2 Å². The molecule has 28 heavy (non-hydrogen) atoms. The molecule has 2 aliphatic rings. The number of aryl methyl sites for hydroxylation is 1. The molecule has 0 aliphatic carbocycles. The number of amides is 2. The van der Waals surface area contributed by atoms with Gasteiger partial charge in [-0.1, -0.05) is 41.4 Å². The van der Waals surface area contributed by atoms with Crippen molar-refractivity contribution in [3.05, 3.63) is 33.7 Å². The van der Waals surface area contributed by atoms with Gasteiger partial charge in [0.05, 0.1) is 4.91 Å². The Kier molecular flexibility index (Phi) is 5.29. The van der Waals surface area contributed by atoms with Crippen LogP contribution in [0.25, 0.3) is 6.08 Å². The van der Waals surface area contributed by atoms with Gasteiger partial charge in [-0.3, -0.25) is 14.5 Å². The molecule has 0 spiro atoms. The van der Waals surface area contributed by atoms with Crippen molar-refractivity contribution in [2.24, 2.45) is 0 Å². The van der Waals surface area contributed by atoms with Gasteiger partial charge < -0.3 is 14.8 Å². The first-order valence-corrected chi connectivity index (χ1v) is 10.3. The Morgan fingerprint density at radius 2 is 2.18 bits per heavy atom. The fraction of sp³-hybridized carbons (Fsp3) is 0.235. The maximum atomic E-state index is 12.7. The van der Waals surface area contributed by atoms with Crippen LogP contribution in [0, 0.1) is 6.92 Å². The number of thioether (sulfide) groups is 1. The topological polar surface area (TPSA) is 93.7 Å². The van der Waals surface area contributed by atoms with E-state index in [1.807, 2.05) is 12.1 Å². The Balaban J connectivity index is 1.39. The van der Waals surface area contributed by atoms with Crippen LogP contribution in [-0.2, 0) is 9.59 Å². The normalized spacial score (nSPS) is 16.9. The maximum Gasteiger partial charge on any atom is 0.266 e. The molecule has 2 amide bonds. The van der Waals surface area contributed by atoms with Crippen LogP contribution in [0.5, 0.6) is 11.5 Å². The molecule has 11 heteroatoms. The van der Waals surface area contributed by atoms with Gasteiger partial charge in [0.1, 0.15) is 9.33 Å². The van der Waals surface area contributed by atoms with Crippen molar-refractivity contribution in [1.82, 2.24) is 15.1 Å². The van der Waals surface area contributed by atoms with Gasteiger partial charge >= 0.3 is 0 Å². The summed E-state index contributed by atoms with van der Waals surface area (Å²) in [7, 11) is 0. The van der Waals surface area contributed by atoms with Gasteiger partial charge in [0.2, 0.25) is 17.8 Å². The third-order valence-electron chi connectivity index (χ3n) is 3.90. The highest BCUT2D eigenvalue weighted by atomic mass is 32.2. The molecule has 4 rings (SSSR count). The second kappa shape index (κ2) is 7.86. The summed E-state index contributed by atoms with van der Waals surface area (Å²) in [6.45, 7) is 2.20. The summed E-state index contributed by atoms with van der Waals surface area (Å²) < 4.78 is 11.1. The molecule has 1 aromatic heterocycles. The molecule has 1 fully saturated rings. The predicted octanol–water partition coefficient (Wildman–Crippen LogP) is 2.81. The van der Waals surface area contributed by atoms with Crippen molar-refractivity contribution in [3.63, 3.8) is 0 Å². The second-order valence-electron chi connectivity index (χ2n) is 5.87. The van der Waals surface area contributed by atoms with Crippen LogP contribution in [0.3, 0.4) is 0 Å². The molecule has 0 unspecified atom stereocenters. The van der Waals surface area contributed by atoms with Crippen LogP contribution in [-0.4, -0.2) is 44.6 Å². The van der Waals surface area contributed by atoms with Crippen LogP contribution in [0.4, 0.5) is 5.13 Å². The maximum absolute atomic E-state index is 12.7. The summed E-state index contributed by atoms with van der Waals surface area (Å²) >= 11 is 7.81. The minimum absolute atomic E-state index is 0.113. The molecule has 3 heterocycles. The third kappa shape index (κ3) is 4.01. The van der Waals surface area contributed by atoms with Gasteiger partial charge in [0.15, 0.2) is 11.5 Å². The van der Waals surface area contributed by atoms with Gasteiger partial charge in [-0.25, -0.2) is 0 Å². The first-order valence-electron chi connectivity index (χ1n) is 8.24. The summed E-state index contributed by atoms with van der Waals surface area (Å²) in [5.41, 5.74) is 0.814. The Bertz CT molecular complexity index is 1000. The minimum atomic E-state index is -0.245. The fourth-order valence-corrected chi connectivity index (χ4v) is 4.51. The number of aromatic nitrogens is 2. The number of fused-ring (bicyclic) bond motifs is 1. The van der Waals surface area contributed by atoms with Crippen LogP contribution >= 0.6 is 35.3 Å². The molecule has 0 atom stereocenters. The van der Waals surface area contributed by atoms with E-state index in [-0.39, 0.29) is 31.6 Å². The van der Waals surface area contributed by atoms with Crippen molar-refractivity contribution < 1.29 is 19.1 Å². The summed E-state index contributed by atoms with van der Waals surface area (Å²) in [6.07, 6.45) is 1.87. The number of carbonyl (C=O) groups excluding carboxylic acids is 2. The van der Waals surface area contributed by atoms with Gasteiger partial charge in [-0.2, -0.15) is 0 Å². The number of benzene rings is 1. The van der Waals surface area contributed by atoms with E-state index in [4.69, 9.17) is 21.7 Å². The molecular formula is C17H14N4O4S3. The van der Waals surface area contributed by atoms with Crippen LogP contribution in [0.1, 0.15) is 17.0 Å². The standard InChI is InChI=1S/C17H14N4O4S3/c1-9-19-20-16(27-9)18-14(22)4-5-21-15(23)13(28-17(21)26)7-10-2-3-11-12(6-10)25-8-24-11/h2-3,6-7H,4-5,8H2,1H3,(H,18,20,22). The molecule has 8 nitrogen and oxygen atoms in total. The highest BCUT2D eigenvalue weighted by Gasteiger charge is 2.32. The van der Waals surface area contributed by atoms with Gasteiger partial charge in [-0.05, 0) is 30.7 Å². The highest BCUT2D eigenvalue weighted by molar-refractivity contribution is 8.26. The van der Waals surface area contributed by atoms with Gasteiger partial charge in [0, 0.05) is 13.0 Å². The summed E-state index contributed by atoms with van der Waals surface area (Å²) in [6, 6.07) is 5.46. The zero-order chi connectivity index (χ0) is 19.7. The first kappa shape index (κ1) is 18.8. The summed E-state index contributed by atoms with van der Waals surface area (Å²) in [4.78, 5) is 26.7. The van der Waals surface area contributed by atoms with E-state index in [9.17, 15) is 9.59 Å². The number of rotatable bonds is 5. The zero-order valence-corrected chi connectivity index (χ0v) is 17.1. The monoisotopic (exact) mass is 434 g/mol. The average molecular weight is 435 g/mol. The van der Waals surface area contributed by atoms with E-state index in [0.29, 0.717) is 25.9 Å². The molecule has 2 aromatic rings. The largest absolute Gasteiger partial charge is 0.454 e. The number of carbonyl (C=O) groups is 2. The molecule has 0 radical (unpaired) electrons. The lowest BCUT2D eigenvalue weighted by atomic mass is 10.2. The highest BCUT2D eigenvalue weighted by Crippen LogP contribution is 2.36.